The van der Waals surface area contributed by atoms with Crippen LogP contribution in [0.25, 0.3) is 0 Å². The molecule has 0 saturated heterocycles. The summed E-state index contributed by atoms with van der Waals surface area (Å²) >= 11 is 0. The predicted molar refractivity (Wildman–Crippen MR) is 52.3 cm³/mol. The first kappa shape index (κ1) is 10.2. The largest absolute Gasteiger partial charge is 0.396 e. The zero-order valence-electron chi connectivity index (χ0n) is 8.21. The molecule has 72 valence electrons. The molecule has 2 atom stereocenters. The van der Waals surface area contributed by atoms with Crippen LogP contribution in [0.15, 0.2) is 23.8 Å². The first-order valence-corrected chi connectivity index (χ1v) is 4.55. The van der Waals surface area contributed by atoms with Gasteiger partial charge in [-0.25, -0.2) is 0 Å². The van der Waals surface area contributed by atoms with Crippen molar-refractivity contribution in [3.05, 3.63) is 23.8 Å². The molecule has 0 amide bonds. The Hall–Kier alpha value is -0.890. The second kappa shape index (κ2) is 3.88. The highest BCUT2D eigenvalue weighted by Gasteiger charge is 2.31. The van der Waals surface area contributed by atoms with Crippen molar-refractivity contribution >= 4 is 5.78 Å². The second-order valence-corrected chi connectivity index (χ2v) is 3.73. The Kier molecular flexibility index (Phi) is 3.04. The number of carbonyl (C=O) groups excluding carboxylic acids is 1. The van der Waals surface area contributed by atoms with Crippen LogP contribution in [-0.4, -0.2) is 17.5 Å². The summed E-state index contributed by atoms with van der Waals surface area (Å²) in [5, 5.41) is 9.11. The van der Waals surface area contributed by atoms with Crippen molar-refractivity contribution in [2.45, 2.75) is 20.3 Å². The number of hydrogen-bond acceptors (Lipinski definition) is 2. The van der Waals surface area contributed by atoms with Crippen LogP contribution < -0.4 is 0 Å². The zero-order valence-corrected chi connectivity index (χ0v) is 8.21. The van der Waals surface area contributed by atoms with Gasteiger partial charge in [0.15, 0.2) is 5.78 Å². The van der Waals surface area contributed by atoms with E-state index >= 15 is 0 Å². The monoisotopic (exact) mass is 180 g/mol. The van der Waals surface area contributed by atoms with Gasteiger partial charge in [-0.15, -0.1) is 0 Å². The van der Waals surface area contributed by atoms with Gasteiger partial charge in [-0.2, -0.15) is 0 Å². The first-order valence-electron chi connectivity index (χ1n) is 4.55. The number of rotatable bonds is 2. The molecule has 0 radical (unpaired) electrons. The quantitative estimate of drug-likeness (QED) is 0.657. The summed E-state index contributed by atoms with van der Waals surface area (Å²) in [6.45, 7) is 7.49. The lowest BCUT2D eigenvalue weighted by Crippen LogP contribution is -2.31. The van der Waals surface area contributed by atoms with Crippen molar-refractivity contribution in [1.82, 2.24) is 0 Å². The fourth-order valence-electron chi connectivity index (χ4n) is 1.80. The highest BCUT2D eigenvalue weighted by molar-refractivity contribution is 5.97. The average Bonchev–Trinajstić information content (AvgIpc) is 2.09. The molecular weight excluding hydrogens is 164 g/mol. The van der Waals surface area contributed by atoms with Crippen LogP contribution in [0, 0.1) is 11.8 Å². The lowest BCUT2D eigenvalue weighted by atomic mass is 9.76. The minimum absolute atomic E-state index is 0.0679. The van der Waals surface area contributed by atoms with E-state index in [0.717, 1.165) is 17.6 Å². The molecule has 0 aromatic rings. The third-order valence-corrected chi connectivity index (χ3v) is 2.72. The maximum atomic E-state index is 11.6. The van der Waals surface area contributed by atoms with Crippen molar-refractivity contribution in [3.8, 4) is 0 Å². The molecule has 2 nitrogen and oxygen atoms in total. The Balaban J connectivity index is 2.91. The molecular formula is C11H16O2. The Bertz CT molecular complexity index is 263. The standard InChI is InChI=1S/C11H16O2/c1-7(2)9-5-4-8(3)11(13)10(9)6-12/h4,9-10,12H,1,5-6H2,2-3H3/t9-,10-/m1/s1. The summed E-state index contributed by atoms with van der Waals surface area (Å²) < 4.78 is 0. The Morgan fingerprint density at radius 2 is 2.38 bits per heavy atom. The normalized spacial score (nSPS) is 28.5. The summed E-state index contributed by atoms with van der Waals surface area (Å²) in [5.41, 5.74) is 1.76. The Morgan fingerprint density at radius 3 is 2.85 bits per heavy atom. The number of aliphatic hydroxyl groups is 1. The van der Waals surface area contributed by atoms with Crippen molar-refractivity contribution in [3.63, 3.8) is 0 Å². The van der Waals surface area contributed by atoms with E-state index in [0.29, 0.717) is 0 Å². The molecule has 2 heteroatoms. The van der Waals surface area contributed by atoms with Crippen LogP contribution in [0.2, 0.25) is 0 Å². The molecule has 0 spiro atoms. The van der Waals surface area contributed by atoms with E-state index in [1.807, 2.05) is 13.0 Å². The van der Waals surface area contributed by atoms with Crippen LogP contribution in [-0.2, 0) is 4.79 Å². The second-order valence-electron chi connectivity index (χ2n) is 3.73. The number of Topliss-reactive ketones (excluding diaryl/α,β-unsaturated/α-hetero) is 1. The molecule has 0 aromatic carbocycles. The van der Waals surface area contributed by atoms with Gasteiger partial charge in [-0.1, -0.05) is 18.2 Å². The molecule has 13 heavy (non-hydrogen) atoms. The first-order chi connectivity index (χ1) is 6.07. The fraction of sp³-hybridized carbons (Fsp3) is 0.545. The number of hydrogen-bond donors (Lipinski definition) is 1. The smallest absolute Gasteiger partial charge is 0.164 e. The summed E-state index contributed by atoms with van der Waals surface area (Å²) in [6, 6.07) is 0. The lowest BCUT2D eigenvalue weighted by Gasteiger charge is -2.28. The molecule has 1 aliphatic carbocycles. The highest BCUT2D eigenvalue weighted by atomic mass is 16.3. The molecule has 0 unspecified atom stereocenters. The van der Waals surface area contributed by atoms with Gasteiger partial charge in [0.1, 0.15) is 0 Å². The number of allylic oxidation sites excluding steroid dienone is 3. The van der Waals surface area contributed by atoms with Gasteiger partial charge in [0.05, 0.1) is 12.5 Å². The van der Waals surface area contributed by atoms with Crippen LogP contribution in [0.5, 0.6) is 0 Å². The molecule has 1 aliphatic rings. The van der Waals surface area contributed by atoms with E-state index in [4.69, 9.17) is 5.11 Å². The third kappa shape index (κ3) is 1.89. The van der Waals surface area contributed by atoms with Gasteiger partial charge < -0.3 is 5.11 Å². The van der Waals surface area contributed by atoms with Crippen molar-refractivity contribution < 1.29 is 9.90 Å². The molecule has 0 fully saturated rings. The average molecular weight is 180 g/mol. The SMILES string of the molecule is C=C(C)[C@H]1CC=C(C)C(=O)[C@@H]1CO. The van der Waals surface area contributed by atoms with Gasteiger partial charge in [-0.3, -0.25) is 4.79 Å². The third-order valence-electron chi connectivity index (χ3n) is 2.72. The summed E-state index contributed by atoms with van der Waals surface area (Å²) in [5.74, 6) is -0.0644. The van der Waals surface area contributed by atoms with Crippen LogP contribution >= 0.6 is 0 Å². The van der Waals surface area contributed by atoms with Crippen molar-refractivity contribution in [2.75, 3.05) is 6.61 Å². The highest BCUT2D eigenvalue weighted by Crippen LogP contribution is 2.30. The summed E-state index contributed by atoms with van der Waals surface area (Å²) in [7, 11) is 0. The van der Waals surface area contributed by atoms with Gasteiger partial charge in [-0.05, 0) is 31.8 Å². The van der Waals surface area contributed by atoms with E-state index in [2.05, 4.69) is 6.58 Å². The molecule has 0 aromatic heterocycles. The van der Waals surface area contributed by atoms with Crippen molar-refractivity contribution in [1.29, 1.82) is 0 Å². The van der Waals surface area contributed by atoms with Crippen LogP contribution in [0.3, 0.4) is 0 Å². The summed E-state index contributed by atoms with van der Waals surface area (Å²) in [6.07, 6.45) is 2.77. The van der Waals surface area contributed by atoms with Gasteiger partial charge in [0, 0.05) is 0 Å². The van der Waals surface area contributed by atoms with E-state index in [1.54, 1.807) is 6.92 Å². The number of carbonyl (C=O) groups is 1. The maximum absolute atomic E-state index is 11.6. The molecule has 0 heterocycles. The fourth-order valence-corrected chi connectivity index (χ4v) is 1.80. The van der Waals surface area contributed by atoms with E-state index in [1.165, 1.54) is 0 Å². The van der Waals surface area contributed by atoms with Gasteiger partial charge >= 0.3 is 0 Å². The lowest BCUT2D eigenvalue weighted by molar-refractivity contribution is -0.122. The van der Waals surface area contributed by atoms with E-state index < -0.39 is 0 Å². The summed E-state index contributed by atoms with van der Waals surface area (Å²) in [4.78, 5) is 11.6. The van der Waals surface area contributed by atoms with Gasteiger partial charge in [0.25, 0.3) is 0 Å². The maximum Gasteiger partial charge on any atom is 0.164 e. The van der Waals surface area contributed by atoms with E-state index in [9.17, 15) is 4.79 Å². The van der Waals surface area contributed by atoms with Gasteiger partial charge in [0.2, 0.25) is 0 Å². The molecule has 1 N–H and O–H groups in total. The Labute approximate surface area is 79.0 Å². The zero-order chi connectivity index (χ0) is 10.0. The Morgan fingerprint density at radius 1 is 1.77 bits per heavy atom. The molecule has 0 saturated carbocycles. The van der Waals surface area contributed by atoms with Crippen LogP contribution in [0.4, 0.5) is 0 Å². The van der Waals surface area contributed by atoms with Crippen molar-refractivity contribution in [2.24, 2.45) is 11.8 Å². The van der Waals surface area contributed by atoms with Crippen LogP contribution in [0.1, 0.15) is 20.3 Å². The topological polar surface area (TPSA) is 37.3 Å². The molecule has 0 bridgehead atoms. The predicted octanol–water partition coefficient (Wildman–Crippen LogP) is 1.71. The van der Waals surface area contributed by atoms with E-state index in [-0.39, 0.29) is 24.2 Å². The minimum atomic E-state index is -0.262. The number of aliphatic hydroxyl groups excluding tert-OH is 1. The molecule has 1 rings (SSSR count). The molecule has 0 aliphatic heterocycles. The number of ketones is 1. The minimum Gasteiger partial charge on any atom is -0.396 e.